The van der Waals surface area contributed by atoms with Crippen LogP contribution in [0.15, 0.2) is 18.3 Å². The molecular weight excluding hydrogens is 288 g/mol. The van der Waals surface area contributed by atoms with Gasteiger partial charge in [-0.05, 0) is 51.8 Å². The first kappa shape index (κ1) is 19.4. The Balaban J connectivity index is 2.99. The summed E-state index contributed by atoms with van der Waals surface area (Å²) in [7, 11) is 3.56. The number of pyridine rings is 1. The molecule has 1 aromatic rings. The van der Waals surface area contributed by atoms with Crippen LogP contribution in [0.1, 0.15) is 40.2 Å². The number of anilines is 1. The number of carbonyl (C=O) groups is 1. The molecule has 0 aromatic carbocycles. The number of aromatic nitrogens is 1. The third-order valence-corrected chi connectivity index (χ3v) is 4.02. The highest BCUT2D eigenvalue weighted by molar-refractivity contribution is 5.90. The van der Waals surface area contributed by atoms with Crippen LogP contribution in [0.4, 0.5) is 10.6 Å². The van der Waals surface area contributed by atoms with Crippen LogP contribution in [-0.2, 0) is 6.42 Å². The fourth-order valence-electron chi connectivity index (χ4n) is 2.71. The lowest BCUT2D eigenvalue weighted by atomic mass is 10.2. The zero-order valence-corrected chi connectivity index (χ0v) is 15.7. The van der Waals surface area contributed by atoms with Crippen LogP contribution in [-0.4, -0.2) is 60.1 Å². The van der Waals surface area contributed by atoms with E-state index in [9.17, 15) is 4.79 Å². The van der Waals surface area contributed by atoms with E-state index in [0.717, 1.165) is 18.8 Å². The van der Waals surface area contributed by atoms with Crippen molar-refractivity contribution >= 4 is 11.8 Å². The maximum atomic E-state index is 12.6. The van der Waals surface area contributed by atoms with Gasteiger partial charge in [0.1, 0.15) is 5.82 Å². The van der Waals surface area contributed by atoms with E-state index >= 15 is 0 Å². The zero-order valence-electron chi connectivity index (χ0n) is 15.7. The molecule has 0 bridgehead atoms. The van der Waals surface area contributed by atoms with Gasteiger partial charge in [0, 0.05) is 45.5 Å². The molecule has 2 amide bonds. The molecule has 0 spiro atoms. The van der Waals surface area contributed by atoms with Crippen LogP contribution < -0.4 is 4.90 Å². The molecule has 0 aliphatic carbocycles. The summed E-state index contributed by atoms with van der Waals surface area (Å²) < 4.78 is 0. The van der Waals surface area contributed by atoms with Gasteiger partial charge in [0.15, 0.2) is 0 Å². The summed E-state index contributed by atoms with van der Waals surface area (Å²) in [6, 6.07) is 4.87. The fraction of sp³-hybridized carbons (Fsp3) is 0.667. The van der Waals surface area contributed by atoms with E-state index in [-0.39, 0.29) is 6.03 Å². The van der Waals surface area contributed by atoms with Crippen molar-refractivity contribution in [3.05, 3.63) is 23.9 Å². The first-order chi connectivity index (χ1) is 10.8. The van der Waals surface area contributed by atoms with E-state index in [2.05, 4.69) is 44.5 Å². The summed E-state index contributed by atoms with van der Waals surface area (Å²) in [5, 5.41) is 0. The van der Waals surface area contributed by atoms with E-state index in [1.54, 1.807) is 30.1 Å². The van der Waals surface area contributed by atoms with E-state index in [0.29, 0.717) is 18.6 Å². The average Bonchev–Trinajstić information content (AvgIpc) is 2.50. The number of carbonyl (C=O) groups excluding carboxylic acids is 1. The highest BCUT2D eigenvalue weighted by Crippen LogP contribution is 2.16. The van der Waals surface area contributed by atoms with Gasteiger partial charge in [-0.25, -0.2) is 9.78 Å². The number of urea groups is 1. The SMILES string of the molecule is CCc1ccnc(N(CCN(C(C)C)C(C)C)C(=O)N(C)C)c1. The van der Waals surface area contributed by atoms with Gasteiger partial charge in [0.05, 0.1) is 0 Å². The third kappa shape index (κ3) is 5.50. The van der Waals surface area contributed by atoms with Crippen molar-refractivity contribution in [3.63, 3.8) is 0 Å². The van der Waals surface area contributed by atoms with Gasteiger partial charge in [-0.2, -0.15) is 0 Å². The second-order valence-electron chi connectivity index (χ2n) is 6.63. The Morgan fingerprint density at radius 2 is 1.74 bits per heavy atom. The quantitative estimate of drug-likeness (QED) is 0.774. The fourth-order valence-corrected chi connectivity index (χ4v) is 2.71. The zero-order chi connectivity index (χ0) is 17.6. The minimum absolute atomic E-state index is 0.0294. The molecule has 1 heterocycles. The molecule has 0 N–H and O–H groups in total. The highest BCUT2D eigenvalue weighted by atomic mass is 16.2. The Kier molecular flexibility index (Phi) is 7.49. The molecular formula is C18H32N4O. The van der Waals surface area contributed by atoms with Gasteiger partial charge in [-0.1, -0.05) is 6.92 Å². The molecule has 130 valence electrons. The normalized spacial score (nSPS) is 11.4. The molecule has 0 unspecified atom stereocenters. The van der Waals surface area contributed by atoms with Crippen molar-refractivity contribution in [1.82, 2.24) is 14.8 Å². The van der Waals surface area contributed by atoms with Crippen molar-refractivity contribution in [2.75, 3.05) is 32.1 Å². The monoisotopic (exact) mass is 320 g/mol. The van der Waals surface area contributed by atoms with Crippen molar-refractivity contribution in [1.29, 1.82) is 0 Å². The van der Waals surface area contributed by atoms with Crippen LogP contribution in [0.2, 0.25) is 0 Å². The van der Waals surface area contributed by atoms with E-state index in [1.807, 2.05) is 12.1 Å². The number of hydrogen-bond acceptors (Lipinski definition) is 3. The highest BCUT2D eigenvalue weighted by Gasteiger charge is 2.21. The van der Waals surface area contributed by atoms with Crippen molar-refractivity contribution in [2.24, 2.45) is 0 Å². The predicted molar refractivity (Wildman–Crippen MR) is 97.0 cm³/mol. The molecule has 0 aliphatic rings. The number of amides is 2. The Bertz CT molecular complexity index is 492. The van der Waals surface area contributed by atoms with E-state index < -0.39 is 0 Å². The number of rotatable bonds is 7. The van der Waals surface area contributed by atoms with Crippen LogP contribution in [0.25, 0.3) is 0 Å². The summed E-state index contributed by atoms with van der Waals surface area (Å²) >= 11 is 0. The van der Waals surface area contributed by atoms with E-state index in [1.165, 1.54) is 5.56 Å². The molecule has 0 radical (unpaired) electrons. The molecule has 0 fully saturated rings. The van der Waals surface area contributed by atoms with Gasteiger partial charge >= 0.3 is 6.03 Å². The first-order valence-electron chi connectivity index (χ1n) is 8.47. The minimum atomic E-state index is -0.0294. The van der Waals surface area contributed by atoms with E-state index in [4.69, 9.17) is 0 Å². The lowest BCUT2D eigenvalue weighted by Crippen LogP contribution is -2.47. The maximum absolute atomic E-state index is 12.6. The number of hydrogen-bond donors (Lipinski definition) is 0. The number of nitrogens with zero attached hydrogens (tertiary/aromatic N) is 4. The molecule has 0 atom stereocenters. The van der Waals surface area contributed by atoms with Gasteiger partial charge in [0.25, 0.3) is 0 Å². The van der Waals surface area contributed by atoms with Gasteiger partial charge in [-0.15, -0.1) is 0 Å². The molecule has 0 saturated heterocycles. The minimum Gasteiger partial charge on any atom is -0.330 e. The largest absolute Gasteiger partial charge is 0.330 e. The molecule has 5 nitrogen and oxygen atoms in total. The summed E-state index contributed by atoms with van der Waals surface area (Å²) in [6.07, 6.45) is 2.72. The third-order valence-electron chi connectivity index (χ3n) is 4.02. The molecule has 1 rings (SSSR count). The smallest absolute Gasteiger partial charge is 0.325 e. The Morgan fingerprint density at radius 1 is 1.13 bits per heavy atom. The Labute approximate surface area is 141 Å². The molecule has 1 aromatic heterocycles. The second-order valence-corrected chi connectivity index (χ2v) is 6.63. The molecule has 5 heteroatoms. The second kappa shape index (κ2) is 8.87. The van der Waals surface area contributed by atoms with Crippen LogP contribution in [0, 0.1) is 0 Å². The lowest BCUT2D eigenvalue weighted by molar-refractivity contribution is 0.177. The topological polar surface area (TPSA) is 39.7 Å². The molecule has 23 heavy (non-hydrogen) atoms. The van der Waals surface area contributed by atoms with Crippen molar-refractivity contribution in [2.45, 2.75) is 53.1 Å². The summed E-state index contributed by atoms with van der Waals surface area (Å²) in [5.41, 5.74) is 1.19. The molecule has 0 saturated carbocycles. The number of aryl methyl sites for hydroxylation is 1. The maximum Gasteiger partial charge on any atom is 0.325 e. The molecule has 0 aliphatic heterocycles. The van der Waals surface area contributed by atoms with Crippen LogP contribution in [0.5, 0.6) is 0 Å². The lowest BCUT2D eigenvalue weighted by Gasteiger charge is -2.33. The summed E-state index contributed by atoms with van der Waals surface area (Å²) in [5.74, 6) is 0.732. The Morgan fingerprint density at radius 3 is 2.22 bits per heavy atom. The standard InChI is InChI=1S/C18H32N4O/c1-8-16-9-10-19-17(13-16)22(18(23)20(6)7)12-11-21(14(2)3)15(4)5/h9-10,13-15H,8,11-12H2,1-7H3. The predicted octanol–water partition coefficient (Wildman–Crippen LogP) is 3.25. The van der Waals surface area contributed by atoms with Gasteiger partial charge in [-0.3, -0.25) is 9.80 Å². The van der Waals surface area contributed by atoms with Crippen molar-refractivity contribution in [3.8, 4) is 0 Å². The average molecular weight is 320 g/mol. The van der Waals surface area contributed by atoms with Crippen LogP contribution >= 0.6 is 0 Å². The van der Waals surface area contributed by atoms with Crippen LogP contribution in [0.3, 0.4) is 0 Å². The van der Waals surface area contributed by atoms with Gasteiger partial charge < -0.3 is 4.90 Å². The summed E-state index contributed by atoms with van der Waals surface area (Å²) in [4.78, 5) is 22.8. The first-order valence-corrected chi connectivity index (χ1v) is 8.47. The summed E-state index contributed by atoms with van der Waals surface area (Å²) in [6.45, 7) is 12.3. The Hall–Kier alpha value is -1.62. The van der Waals surface area contributed by atoms with Gasteiger partial charge in [0.2, 0.25) is 0 Å². The van der Waals surface area contributed by atoms with Crippen molar-refractivity contribution < 1.29 is 4.79 Å².